The van der Waals surface area contributed by atoms with E-state index in [1.165, 1.54) is 0 Å². The maximum Gasteiger partial charge on any atom is 0.247 e. The second-order valence-electron chi connectivity index (χ2n) is 6.38. The number of nitrogens with one attached hydrogen (secondary N) is 2. The fourth-order valence-electron chi connectivity index (χ4n) is 3.45. The molecular weight excluding hydrogens is 385 g/mol. The van der Waals surface area contributed by atoms with E-state index >= 15 is 0 Å². The van der Waals surface area contributed by atoms with Crippen molar-refractivity contribution in [2.75, 3.05) is 25.0 Å². The van der Waals surface area contributed by atoms with Gasteiger partial charge in [0.2, 0.25) is 11.8 Å². The minimum absolute atomic E-state index is 0. The first-order valence-electron chi connectivity index (χ1n) is 8.33. The van der Waals surface area contributed by atoms with Crippen LogP contribution < -0.4 is 10.6 Å². The predicted molar refractivity (Wildman–Crippen MR) is 103 cm³/mol. The average Bonchev–Trinajstić information content (AvgIpc) is 3.03. The predicted octanol–water partition coefficient (Wildman–Crippen LogP) is 3.34. The molecule has 5 nitrogen and oxygen atoms in total. The molecule has 0 radical (unpaired) electrons. The number of carbonyl (C=O) groups excluding carboxylic acids is 2. The molecule has 0 aliphatic carbocycles. The van der Waals surface area contributed by atoms with E-state index in [-0.39, 0.29) is 30.1 Å². The molecule has 2 saturated heterocycles. The highest BCUT2D eigenvalue weighted by Crippen LogP contribution is 2.26. The van der Waals surface area contributed by atoms with E-state index in [1.807, 2.05) is 0 Å². The van der Waals surface area contributed by atoms with Crippen molar-refractivity contribution in [3.05, 3.63) is 28.2 Å². The van der Waals surface area contributed by atoms with Gasteiger partial charge < -0.3 is 15.5 Å². The second kappa shape index (κ2) is 9.08. The fraction of sp³-hybridized carbons (Fsp3) is 0.529. The third-order valence-electron chi connectivity index (χ3n) is 4.61. The van der Waals surface area contributed by atoms with Crippen molar-refractivity contribution in [3.8, 4) is 0 Å². The summed E-state index contributed by atoms with van der Waals surface area (Å²) >= 11 is 11.9. The summed E-state index contributed by atoms with van der Waals surface area (Å²) in [4.78, 5) is 27.1. The maximum absolute atomic E-state index is 12.7. The van der Waals surface area contributed by atoms with Gasteiger partial charge >= 0.3 is 0 Å². The Balaban J connectivity index is 0.00000225. The van der Waals surface area contributed by atoms with Crippen molar-refractivity contribution in [3.63, 3.8) is 0 Å². The van der Waals surface area contributed by atoms with Crippen LogP contribution in [-0.2, 0) is 9.59 Å². The van der Waals surface area contributed by atoms with Crippen LogP contribution in [0.25, 0.3) is 0 Å². The van der Waals surface area contributed by atoms with Gasteiger partial charge in [-0.2, -0.15) is 0 Å². The highest BCUT2D eigenvalue weighted by atomic mass is 35.5. The summed E-state index contributed by atoms with van der Waals surface area (Å²) in [6.07, 6.45) is 3.43. The number of carbonyl (C=O) groups is 2. The smallest absolute Gasteiger partial charge is 0.247 e. The third kappa shape index (κ3) is 5.00. The van der Waals surface area contributed by atoms with Crippen LogP contribution in [0.4, 0.5) is 5.69 Å². The number of benzene rings is 1. The largest absolute Gasteiger partial charge is 0.330 e. The second-order valence-corrected chi connectivity index (χ2v) is 7.25. The van der Waals surface area contributed by atoms with Gasteiger partial charge in [-0.1, -0.05) is 23.2 Å². The number of likely N-dealkylation sites (tertiary alicyclic amines) is 1. The maximum atomic E-state index is 12.7. The molecule has 3 rings (SSSR count). The van der Waals surface area contributed by atoms with E-state index < -0.39 is 6.04 Å². The summed E-state index contributed by atoms with van der Waals surface area (Å²) in [5.74, 6) is -0.111. The highest BCUT2D eigenvalue weighted by molar-refractivity contribution is 6.35. The molecule has 2 heterocycles. The van der Waals surface area contributed by atoms with Crippen LogP contribution in [0.15, 0.2) is 18.2 Å². The Morgan fingerprint density at radius 2 is 1.84 bits per heavy atom. The molecule has 2 aliphatic heterocycles. The Morgan fingerprint density at radius 1 is 1.12 bits per heavy atom. The molecule has 2 atom stereocenters. The molecule has 1 aromatic rings. The van der Waals surface area contributed by atoms with Gasteiger partial charge in [-0.25, -0.2) is 0 Å². The molecule has 25 heavy (non-hydrogen) atoms. The molecule has 2 N–H and O–H groups in total. The number of amides is 2. The van der Waals surface area contributed by atoms with E-state index in [4.69, 9.17) is 23.2 Å². The lowest BCUT2D eigenvalue weighted by Gasteiger charge is -2.30. The van der Waals surface area contributed by atoms with E-state index in [0.717, 1.165) is 25.8 Å². The summed E-state index contributed by atoms with van der Waals surface area (Å²) in [5.41, 5.74) is 0.552. The van der Waals surface area contributed by atoms with Gasteiger partial charge in [0, 0.05) is 28.8 Å². The molecule has 0 bridgehead atoms. The lowest BCUT2D eigenvalue weighted by atomic mass is 9.97. The van der Waals surface area contributed by atoms with Gasteiger partial charge in [-0.05, 0) is 50.4 Å². The van der Waals surface area contributed by atoms with Crippen LogP contribution >= 0.6 is 35.6 Å². The number of hydrogen-bond donors (Lipinski definition) is 2. The first-order valence-corrected chi connectivity index (χ1v) is 9.08. The molecule has 8 heteroatoms. The van der Waals surface area contributed by atoms with Gasteiger partial charge in [0.05, 0.1) is 5.92 Å². The van der Waals surface area contributed by atoms with Gasteiger partial charge in [-0.15, -0.1) is 12.4 Å². The van der Waals surface area contributed by atoms with Crippen LogP contribution in [-0.4, -0.2) is 42.4 Å². The average molecular weight is 407 g/mol. The first kappa shape index (κ1) is 20.3. The van der Waals surface area contributed by atoms with Crippen LogP contribution in [0.1, 0.15) is 25.7 Å². The van der Waals surface area contributed by atoms with Gasteiger partial charge in [-0.3, -0.25) is 9.59 Å². The Hall–Kier alpha value is -1.01. The van der Waals surface area contributed by atoms with Crippen LogP contribution in [0.5, 0.6) is 0 Å². The summed E-state index contributed by atoms with van der Waals surface area (Å²) in [6.45, 7) is 2.31. The monoisotopic (exact) mass is 405 g/mol. The van der Waals surface area contributed by atoms with Gasteiger partial charge in [0.1, 0.15) is 6.04 Å². The standard InChI is InChI=1S/C17H21Cl2N3O2.ClH/c18-12-7-13(19)9-14(8-12)21-16(23)15-4-2-6-22(15)17(24)11-3-1-5-20-10-11;/h7-9,11,15,20H,1-6,10H2,(H,21,23);1H. The fourth-order valence-corrected chi connectivity index (χ4v) is 3.98. The molecule has 1 aromatic carbocycles. The molecule has 2 aliphatic rings. The number of piperidine rings is 1. The topological polar surface area (TPSA) is 61.4 Å². The van der Waals surface area contributed by atoms with Crippen LogP contribution in [0.3, 0.4) is 0 Å². The minimum atomic E-state index is -0.419. The van der Waals surface area contributed by atoms with Crippen molar-refractivity contribution in [2.45, 2.75) is 31.7 Å². The third-order valence-corrected chi connectivity index (χ3v) is 5.05. The zero-order valence-electron chi connectivity index (χ0n) is 13.8. The number of hydrogen-bond acceptors (Lipinski definition) is 3. The lowest BCUT2D eigenvalue weighted by Crippen LogP contribution is -2.48. The van der Waals surface area contributed by atoms with E-state index in [1.54, 1.807) is 23.1 Å². The summed E-state index contributed by atoms with van der Waals surface area (Å²) in [6, 6.07) is 4.49. The first-order chi connectivity index (χ1) is 11.5. The minimum Gasteiger partial charge on any atom is -0.330 e. The summed E-state index contributed by atoms with van der Waals surface area (Å²) < 4.78 is 0. The van der Waals surface area contributed by atoms with E-state index in [0.29, 0.717) is 35.2 Å². The molecule has 2 amide bonds. The Kier molecular flexibility index (Phi) is 7.37. The van der Waals surface area contributed by atoms with Crippen LogP contribution in [0.2, 0.25) is 10.0 Å². The number of anilines is 1. The summed E-state index contributed by atoms with van der Waals surface area (Å²) in [5, 5.41) is 7.02. The van der Waals surface area contributed by atoms with Crippen molar-refractivity contribution in [1.82, 2.24) is 10.2 Å². The van der Waals surface area contributed by atoms with E-state index in [9.17, 15) is 9.59 Å². The highest BCUT2D eigenvalue weighted by Gasteiger charge is 2.37. The normalized spacial score (nSPS) is 23.0. The zero-order valence-corrected chi connectivity index (χ0v) is 16.1. The lowest BCUT2D eigenvalue weighted by molar-refractivity contribution is -0.140. The van der Waals surface area contributed by atoms with Crippen molar-refractivity contribution >= 4 is 53.1 Å². The SMILES string of the molecule is Cl.O=C(Nc1cc(Cl)cc(Cl)c1)C1CCCN1C(=O)C1CCCNC1. The van der Waals surface area contributed by atoms with Crippen molar-refractivity contribution in [1.29, 1.82) is 0 Å². The molecule has 0 aromatic heterocycles. The quantitative estimate of drug-likeness (QED) is 0.809. The van der Waals surface area contributed by atoms with Crippen molar-refractivity contribution < 1.29 is 9.59 Å². The number of rotatable bonds is 3. The molecule has 0 saturated carbocycles. The van der Waals surface area contributed by atoms with E-state index in [2.05, 4.69) is 10.6 Å². The molecule has 2 unspecified atom stereocenters. The Labute approximate surface area is 163 Å². The molecule has 2 fully saturated rings. The zero-order chi connectivity index (χ0) is 17.1. The van der Waals surface area contributed by atoms with Gasteiger partial charge in [0.15, 0.2) is 0 Å². The van der Waals surface area contributed by atoms with Crippen molar-refractivity contribution in [2.24, 2.45) is 5.92 Å². The molecular formula is C17H22Cl3N3O2. The van der Waals surface area contributed by atoms with Crippen LogP contribution in [0, 0.1) is 5.92 Å². The molecule has 0 spiro atoms. The Morgan fingerprint density at radius 3 is 2.48 bits per heavy atom. The number of halogens is 3. The summed E-state index contributed by atoms with van der Waals surface area (Å²) in [7, 11) is 0. The molecule has 138 valence electrons. The van der Waals surface area contributed by atoms with Gasteiger partial charge in [0.25, 0.3) is 0 Å². The Bertz CT molecular complexity index is 615. The number of nitrogens with zero attached hydrogens (tertiary/aromatic N) is 1.